The second-order valence-corrected chi connectivity index (χ2v) is 7.70. The molecule has 0 saturated carbocycles. The Bertz CT molecular complexity index is 896. The number of benzene rings is 2. The number of carbonyl (C=O) groups is 1. The molecule has 2 aliphatic heterocycles. The second-order valence-electron chi connectivity index (χ2n) is 7.70. The molecule has 162 valence electrons. The fourth-order valence-electron chi connectivity index (χ4n) is 4.13. The van der Waals surface area contributed by atoms with Crippen molar-refractivity contribution in [2.24, 2.45) is 0 Å². The van der Waals surface area contributed by atoms with Crippen LogP contribution in [0.5, 0.6) is 11.5 Å². The lowest BCUT2D eigenvalue weighted by molar-refractivity contribution is -0.137. The van der Waals surface area contributed by atoms with Gasteiger partial charge in [0, 0.05) is 17.5 Å². The highest BCUT2D eigenvalue weighted by atomic mass is 35.5. The van der Waals surface area contributed by atoms with Crippen LogP contribution in [0.3, 0.4) is 0 Å². The number of hydrogen-bond donors (Lipinski definition) is 1. The van der Waals surface area contributed by atoms with Crippen LogP contribution in [-0.2, 0) is 16.8 Å². The Labute approximate surface area is 180 Å². The van der Waals surface area contributed by atoms with E-state index in [1.165, 1.54) is 18.2 Å². The van der Waals surface area contributed by atoms with Crippen molar-refractivity contribution in [2.45, 2.75) is 31.3 Å². The van der Waals surface area contributed by atoms with E-state index in [0.717, 1.165) is 37.2 Å². The van der Waals surface area contributed by atoms with Crippen LogP contribution in [0.15, 0.2) is 36.4 Å². The number of carboxylic acids is 1. The highest BCUT2D eigenvalue weighted by molar-refractivity contribution is 5.85. The molecule has 1 spiro atoms. The number of rotatable bonds is 6. The van der Waals surface area contributed by atoms with Crippen LogP contribution in [0.4, 0.5) is 8.78 Å². The quantitative estimate of drug-likeness (QED) is 0.732. The van der Waals surface area contributed by atoms with Crippen LogP contribution in [0.1, 0.15) is 30.4 Å². The molecule has 0 aromatic heterocycles. The molecule has 2 aliphatic rings. The molecule has 1 fully saturated rings. The minimum atomic E-state index is -0.784. The van der Waals surface area contributed by atoms with Gasteiger partial charge in [-0.05, 0) is 56.3 Å². The van der Waals surface area contributed by atoms with Gasteiger partial charge in [0.2, 0.25) is 0 Å². The summed E-state index contributed by atoms with van der Waals surface area (Å²) in [5.41, 5.74) is 0.838. The smallest absolute Gasteiger partial charge is 0.304 e. The highest BCUT2D eigenvalue weighted by Crippen LogP contribution is 2.46. The summed E-state index contributed by atoms with van der Waals surface area (Å²) in [6.45, 7) is 2.56. The van der Waals surface area contributed by atoms with Gasteiger partial charge in [-0.2, -0.15) is 0 Å². The van der Waals surface area contributed by atoms with Gasteiger partial charge in [-0.1, -0.05) is 6.07 Å². The molecule has 2 aromatic rings. The molecule has 8 heteroatoms. The van der Waals surface area contributed by atoms with Gasteiger partial charge >= 0.3 is 5.97 Å². The Morgan fingerprint density at radius 1 is 1.17 bits per heavy atom. The second kappa shape index (κ2) is 9.18. The van der Waals surface area contributed by atoms with E-state index in [4.69, 9.17) is 14.6 Å². The van der Waals surface area contributed by atoms with Crippen LogP contribution in [0.25, 0.3) is 0 Å². The van der Waals surface area contributed by atoms with Crippen molar-refractivity contribution in [3.63, 3.8) is 0 Å². The lowest BCUT2D eigenvalue weighted by atomic mass is 9.74. The largest absolute Gasteiger partial charge is 0.492 e. The lowest BCUT2D eigenvalue weighted by Crippen LogP contribution is -2.44. The summed E-state index contributed by atoms with van der Waals surface area (Å²) in [5, 5.41) is 8.87. The number of carboxylic acid groups (broad SMARTS) is 1. The van der Waals surface area contributed by atoms with Gasteiger partial charge in [-0.3, -0.25) is 4.79 Å². The first-order chi connectivity index (χ1) is 14.0. The first kappa shape index (κ1) is 22.3. The van der Waals surface area contributed by atoms with Crippen LogP contribution in [-0.4, -0.2) is 42.2 Å². The SMILES string of the molecule is Cl.O=C(O)CCN1CCC2(CC1)COc1ccc(OCc3c(F)cccc3F)cc12. The molecule has 4 rings (SSSR count). The summed E-state index contributed by atoms with van der Waals surface area (Å²) in [6, 6.07) is 9.25. The fourth-order valence-corrected chi connectivity index (χ4v) is 4.13. The molecule has 30 heavy (non-hydrogen) atoms. The van der Waals surface area contributed by atoms with E-state index >= 15 is 0 Å². The molecule has 5 nitrogen and oxygen atoms in total. The van der Waals surface area contributed by atoms with E-state index in [9.17, 15) is 13.6 Å². The zero-order chi connectivity index (χ0) is 20.4. The van der Waals surface area contributed by atoms with Gasteiger partial charge in [0.1, 0.15) is 29.7 Å². The third kappa shape index (κ3) is 4.52. The summed E-state index contributed by atoms with van der Waals surface area (Å²) in [4.78, 5) is 13.0. The van der Waals surface area contributed by atoms with Gasteiger partial charge in [0.05, 0.1) is 18.6 Å². The number of piperidine rings is 1. The third-order valence-electron chi connectivity index (χ3n) is 5.93. The van der Waals surface area contributed by atoms with Crippen molar-refractivity contribution in [1.82, 2.24) is 4.90 Å². The number of likely N-dealkylation sites (tertiary alicyclic amines) is 1. The maximum Gasteiger partial charge on any atom is 0.304 e. The van der Waals surface area contributed by atoms with Gasteiger partial charge in [-0.15, -0.1) is 12.4 Å². The Balaban J connectivity index is 0.00000256. The number of fused-ring (bicyclic) bond motifs is 2. The zero-order valence-electron chi connectivity index (χ0n) is 16.4. The molecular weight excluding hydrogens is 416 g/mol. The predicted molar refractivity (Wildman–Crippen MR) is 109 cm³/mol. The van der Waals surface area contributed by atoms with Crippen molar-refractivity contribution in [2.75, 3.05) is 26.2 Å². The van der Waals surface area contributed by atoms with Gasteiger partial charge in [-0.25, -0.2) is 8.78 Å². The summed E-state index contributed by atoms with van der Waals surface area (Å²) < 4.78 is 39.2. The molecule has 0 atom stereocenters. The van der Waals surface area contributed by atoms with Crippen LogP contribution in [0.2, 0.25) is 0 Å². The van der Waals surface area contributed by atoms with Crippen LogP contribution in [0, 0.1) is 11.6 Å². The standard InChI is InChI=1S/C22H23F2NO4.ClH/c23-18-2-1-3-19(24)16(18)13-28-15-4-5-20-17(12-15)22(14-29-20)7-10-25(11-8-22)9-6-21(26)27;/h1-5,12H,6-11,13-14H2,(H,26,27);1H. The number of ether oxygens (including phenoxy) is 2. The van der Waals surface area contributed by atoms with E-state index in [1.807, 2.05) is 12.1 Å². The summed E-state index contributed by atoms with van der Waals surface area (Å²) >= 11 is 0. The maximum atomic E-state index is 13.8. The van der Waals surface area contributed by atoms with Crippen molar-refractivity contribution < 1.29 is 28.2 Å². The summed E-state index contributed by atoms with van der Waals surface area (Å²) in [6.07, 6.45) is 1.88. The summed E-state index contributed by atoms with van der Waals surface area (Å²) in [7, 11) is 0. The topological polar surface area (TPSA) is 59.0 Å². The first-order valence-corrected chi connectivity index (χ1v) is 9.74. The highest BCUT2D eigenvalue weighted by Gasteiger charge is 2.43. The van der Waals surface area contributed by atoms with E-state index in [-0.39, 0.29) is 36.4 Å². The molecule has 2 aromatic carbocycles. The van der Waals surface area contributed by atoms with Crippen molar-refractivity contribution in [1.29, 1.82) is 0 Å². The van der Waals surface area contributed by atoms with Crippen LogP contribution >= 0.6 is 12.4 Å². The van der Waals surface area contributed by atoms with Crippen molar-refractivity contribution in [3.05, 3.63) is 59.2 Å². The monoisotopic (exact) mass is 439 g/mol. The normalized spacial score (nSPS) is 17.1. The number of hydrogen-bond acceptors (Lipinski definition) is 4. The number of aliphatic carboxylic acids is 1. The first-order valence-electron chi connectivity index (χ1n) is 9.74. The average molecular weight is 440 g/mol. The molecule has 0 radical (unpaired) electrons. The van der Waals surface area contributed by atoms with Crippen molar-refractivity contribution >= 4 is 18.4 Å². The molecule has 0 bridgehead atoms. The molecule has 0 amide bonds. The minimum Gasteiger partial charge on any atom is -0.492 e. The van der Waals surface area contributed by atoms with E-state index in [2.05, 4.69) is 4.90 Å². The fraction of sp³-hybridized carbons (Fsp3) is 0.409. The molecule has 2 heterocycles. The van der Waals surface area contributed by atoms with Gasteiger partial charge in [0.15, 0.2) is 0 Å². The summed E-state index contributed by atoms with van der Waals surface area (Å²) in [5.74, 6) is -0.676. The van der Waals surface area contributed by atoms with Crippen molar-refractivity contribution in [3.8, 4) is 11.5 Å². The Morgan fingerprint density at radius 2 is 1.87 bits per heavy atom. The predicted octanol–water partition coefficient (Wildman–Crippen LogP) is 4.17. The Morgan fingerprint density at radius 3 is 2.53 bits per heavy atom. The van der Waals surface area contributed by atoms with E-state index in [0.29, 0.717) is 18.9 Å². The molecule has 0 unspecified atom stereocenters. The van der Waals surface area contributed by atoms with Gasteiger partial charge in [0.25, 0.3) is 0 Å². The van der Waals surface area contributed by atoms with Crippen LogP contribution < -0.4 is 9.47 Å². The van der Waals surface area contributed by atoms with E-state index < -0.39 is 17.6 Å². The average Bonchev–Trinajstić information content (AvgIpc) is 3.05. The molecular formula is C22H24ClF2NO4. The Hall–Kier alpha value is -2.38. The third-order valence-corrected chi connectivity index (χ3v) is 5.93. The number of halogens is 3. The molecule has 1 N–H and O–H groups in total. The molecule has 0 aliphatic carbocycles. The van der Waals surface area contributed by atoms with E-state index in [1.54, 1.807) is 6.07 Å². The Kier molecular flexibility index (Phi) is 6.83. The minimum absolute atomic E-state index is 0. The molecule has 1 saturated heterocycles. The lowest BCUT2D eigenvalue weighted by Gasteiger charge is -2.38. The zero-order valence-corrected chi connectivity index (χ0v) is 17.2. The number of nitrogens with zero attached hydrogens (tertiary/aromatic N) is 1. The van der Waals surface area contributed by atoms with Gasteiger partial charge < -0.3 is 19.5 Å². The maximum absolute atomic E-state index is 13.8.